The average molecular weight is 490 g/mol. The van der Waals surface area contributed by atoms with E-state index in [2.05, 4.69) is 15.0 Å². The number of rotatable bonds is 7. The van der Waals surface area contributed by atoms with Gasteiger partial charge >= 0.3 is 0 Å². The molecule has 1 aromatic heterocycles. The number of ether oxygens (including phenoxy) is 1. The Morgan fingerprint density at radius 3 is 2.72 bits per heavy atom. The van der Waals surface area contributed by atoms with Gasteiger partial charge in [0, 0.05) is 16.6 Å². The highest BCUT2D eigenvalue weighted by molar-refractivity contribution is 7.86. The Hall–Kier alpha value is -2.42. The van der Waals surface area contributed by atoms with Crippen LogP contribution in [-0.4, -0.2) is 22.2 Å². The number of benzene rings is 2. The standard InChI is InChI=1S/C23H24ClN3O3S2/c1-14-21(31-23(25-14)26-22(28)15-6-3-4-7-15)16-10-11-19(30-2)20(12-16)32(29)27-18-9-5-8-17(24)13-18/h5,8-13,15,27H,3-4,6-7H2,1-2H3,(H,25,26,28). The van der Waals surface area contributed by atoms with Gasteiger partial charge in [0.2, 0.25) is 5.91 Å². The summed E-state index contributed by atoms with van der Waals surface area (Å²) in [5.74, 6) is 0.638. The number of hydrogen-bond donors (Lipinski definition) is 2. The van der Waals surface area contributed by atoms with Gasteiger partial charge in [-0.1, -0.05) is 41.8 Å². The SMILES string of the molecule is COc1ccc(-c2sc(NC(=O)C3CCCC3)nc2C)cc1S(=O)Nc1cccc(Cl)c1. The van der Waals surface area contributed by atoms with E-state index in [0.717, 1.165) is 41.8 Å². The van der Waals surface area contributed by atoms with Crippen molar-refractivity contribution in [3.8, 4) is 16.2 Å². The summed E-state index contributed by atoms with van der Waals surface area (Å²) in [6, 6.07) is 12.6. The highest BCUT2D eigenvalue weighted by Crippen LogP contribution is 2.37. The molecule has 1 unspecified atom stereocenters. The number of thiazole rings is 1. The van der Waals surface area contributed by atoms with Gasteiger partial charge in [-0.25, -0.2) is 9.19 Å². The smallest absolute Gasteiger partial charge is 0.229 e. The van der Waals surface area contributed by atoms with Crippen LogP contribution < -0.4 is 14.8 Å². The zero-order valence-electron chi connectivity index (χ0n) is 17.8. The normalized spacial score (nSPS) is 14.8. The second kappa shape index (κ2) is 10.0. The summed E-state index contributed by atoms with van der Waals surface area (Å²) in [5.41, 5.74) is 2.31. The maximum Gasteiger partial charge on any atom is 0.229 e. The van der Waals surface area contributed by atoms with E-state index in [1.807, 2.05) is 19.1 Å². The molecule has 1 atom stereocenters. The van der Waals surface area contributed by atoms with Crippen molar-refractivity contribution in [1.82, 2.24) is 4.98 Å². The van der Waals surface area contributed by atoms with Crippen LogP contribution in [0.25, 0.3) is 10.4 Å². The van der Waals surface area contributed by atoms with Crippen LogP contribution in [0.5, 0.6) is 5.75 Å². The molecule has 0 bridgehead atoms. The lowest BCUT2D eigenvalue weighted by atomic mass is 10.1. The van der Waals surface area contributed by atoms with E-state index >= 15 is 0 Å². The van der Waals surface area contributed by atoms with Gasteiger partial charge in [-0.3, -0.25) is 4.79 Å². The van der Waals surface area contributed by atoms with Crippen molar-refractivity contribution in [2.75, 3.05) is 17.1 Å². The Kier molecular flexibility index (Phi) is 7.13. The zero-order valence-corrected chi connectivity index (χ0v) is 20.2. The summed E-state index contributed by atoms with van der Waals surface area (Å²) in [6.45, 7) is 1.90. The molecule has 3 aromatic rings. The lowest BCUT2D eigenvalue weighted by molar-refractivity contribution is -0.119. The highest BCUT2D eigenvalue weighted by Gasteiger charge is 2.24. The molecule has 0 aliphatic heterocycles. The molecular weight excluding hydrogens is 466 g/mol. The minimum absolute atomic E-state index is 0.0463. The van der Waals surface area contributed by atoms with E-state index < -0.39 is 11.0 Å². The second-order valence-electron chi connectivity index (χ2n) is 7.65. The van der Waals surface area contributed by atoms with Crippen LogP contribution in [0.1, 0.15) is 31.4 Å². The third-order valence-corrected chi connectivity index (χ3v) is 7.91. The summed E-state index contributed by atoms with van der Waals surface area (Å²) in [7, 11) is -0.0227. The van der Waals surface area contributed by atoms with Gasteiger partial charge in [0.05, 0.1) is 17.7 Å². The predicted molar refractivity (Wildman–Crippen MR) is 131 cm³/mol. The summed E-state index contributed by atoms with van der Waals surface area (Å²) in [5, 5.41) is 4.12. The van der Waals surface area contributed by atoms with Crippen molar-refractivity contribution in [2.24, 2.45) is 5.92 Å². The number of amides is 1. The Balaban J connectivity index is 1.58. The molecule has 0 spiro atoms. The highest BCUT2D eigenvalue weighted by atomic mass is 35.5. The molecule has 6 nitrogen and oxygen atoms in total. The van der Waals surface area contributed by atoms with E-state index in [0.29, 0.717) is 26.5 Å². The second-order valence-corrected chi connectivity index (χ2v) is 10.3. The summed E-state index contributed by atoms with van der Waals surface area (Å²) >= 11 is 7.45. The lowest BCUT2D eigenvalue weighted by Crippen LogP contribution is -2.20. The van der Waals surface area contributed by atoms with E-state index in [-0.39, 0.29) is 11.8 Å². The van der Waals surface area contributed by atoms with Gasteiger partial charge in [-0.15, -0.1) is 0 Å². The lowest BCUT2D eigenvalue weighted by Gasteiger charge is -2.12. The predicted octanol–water partition coefficient (Wildman–Crippen LogP) is 6.04. The molecule has 0 saturated heterocycles. The fourth-order valence-electron chi connectivity index (χ4n) is 3.79. The largest absolute Gasteiger partial charge is 0.495 e. The summed E-state index contributed by atoms with van der Waals surface area (Å²) < 4.78 is 21.5. The molecule has 32 heavy (non-hydrogen) atoms. The fraction of sp³-hybridized carbons (Fsp3) is 0.304. The summed E-state index contributed by atoms with van der Waals surface area (Å²) in [4.78, 5) is 18.4. The first-order valence-corrected chi connectivity index (χ1v) is 12.7. The fourth-order valence-corrected chi connectivity index (χ4v) is 5.97. The van der Waals surface area contributed by atoms with Crippen molar-refractivity contribution in [1.29, 1.82) is 0 Å². The van der Waals surface area contributed by atoms with Crippen LogP contribution in [0, 0.1) is 12.8 Å². The van der Waals surface area contributed by atoms with Gasteiger partial charge in [-0.2, -0.15) is 0 Å². The number of nitrogens with zero attached hydrogens (tertiary/aromatic N) is 1. The Labute approximate surface area is 199 Å². The summed E-state index contributed by atoms with van der Waals surface area (Å²) in [6.07, 6.45) is 4.09. The first-order valence-electron chi connectivity index (χ1n) is 10.4. The molecule has 0 radical (unpaired) electrons. The molecule has 1 aliphatic carbocycles. The van der Waals surface area contributed by atoms with Crippen molar-refractivity contribution < 1.29 is 13.7 Å². The minimum Gasteiger partial charge on any atom is -0.495 e. The van der Waals surface area contributed by atoms with Crippen LogP contribution in [0.3, 0.4) is 0 Å². The first-order chi connectivity index (χ1) is 15.4. The van der Waals surface area contributed by atoms with E-state index in [4.69, 9.17) is 16.3 Å². The molecule has 1 saturated carbocycles. The third-order valence-electron chi connectivity index (χ3n) is 5.41. The maximum atomic E-state index is 13.1. The molecule has 1 heterocycles. The van der Waals surface area contributed by atoms with E-state index in [9.17, 15) is 9.00 Å². The van der Waals surface area contributed by atoms with Crippen LogP contribution in [0.2, 0.25) is 5.02 Å². The number of aryl methyl sites for hydroxylation is 1. The molecule has 1 amide bonds. The molecule has 9 heteroatoms. The Bertz CT molecular complexity index is 1160. The molecule has 4 rings (SSSR count). The number of aromatic nitrogens is 1. The van der Waals surface area contributed by atoms with E-state index in [1.165, 1.54) is 11.3 Å². The van der Waals surface area contributed by atoms with Crippen molar-refractivity contribution in [3.63, 3.8) is 0 Å². The monoisotopic (exact) mass is 489 g/mol. The van der Waals surface area contributed by atoms with Gasteiger partial charge in [0.1, 0.15) is 10.6 Å². The Morgan fingerprint density at radius 1 is 1.22 bits per heavy atom. The molecular formula is C23H24ClN3O3S2. The van der Waals surface area contributed by atoms with E-state index in [1.54, 1.807) is 37.4 Å². The average Bonchev–Trinajstić information content (AvgIpc) is 3.43. The quantitative estimate of drug-likeness (QED) is 0.423. The number of halogens is 1. The van der Waals surface area contributed by atoms with Crippen LogP contribution in [0.15, 0.2) is 47.4 Å². The van der Waals surface area contributed by atoms with Crippen molar-refractivity contribution in [3.05, 3.63) is 53.2 Å². The third kappa shape index (κ3) is 5.14. The topological polar surface area (TPSA) is 80.3 Å². The van der Waals surface area contributed by atoms with Crippen LogP contribution in [-0.2, 0) is 15.8 Å². The van der Waals surface area contributed by atoms with Crippen LogP contribution >= 0.6 is 22.9 Å². The molecule has 1 aliphatic rings. The maximum absolute atomic E-state index is 13.1. The molecule has 2 N–H and O–H groups in total. The number of nitrogens with one attached hydrogen (secondary N) is 2. The van der Waals surface area contributed by atoms with Gasteiger partial charge in [0.15, 0.2) is 16.1 Å². The molecule has 1 fully saturated rings. The van der Waals surface area contributed by atoms with Crippen LogP contribution in [0.4, 0.5) is 10.8 Å². The number of anilines is 2. The van der Waals surface area contributed by atoms with Gasteiger partial charge < -0.3 is 14.8 Å². The number of carbonyl (C=O) groups excluding carboxylic acids is 1. The zero-order chi connectivity index (χ0) is 22.7. The molecule has 168 valence electrons. The van der Waals surface area contributed by atoms with Crippen molar-refractivity contribution in [2.45, 2.75) is 37.5 Å². The number of hydrogen-bond acceptors (Lipinski definition) is 5. The Morgan fingerprint density at radius 2 is 2.00 bits per heavy atom. The first kappa shape index (κ1) is 22.8. The number of carbonyl (C=O) groups is 1. The van der Waals surface area contributed by atoms with Gasteiger partial charge in [0.25, 0.3) is 0 Å². The number of methoxy groups -OCH3 is 1. The van der Waals surface area contributed by atoms with Crippen molar-refractivity contribution >= 4 is 50.6 Å². The van der Waals surface area contributed by atoms with Gasteiger partial charge in [-0.05, 0) is 61.7 Å². The minimum atomic E-state index is -1.57. The molecule has 2 aromatic carbocycles.